The van der Waals surface area contributed by atoms with Crippen molar-refractivity contribution < 1.29 is 8.83 Å². The lowest BCUT2D eigenvalue weighted by atomic mass is 9.67. The molecule has 4 aliphatic rings. The van der Waals surface area contributed by atoms with Crippen LogP contribution in [0.5, 0.6) is 0 Å². The summed E-state index contributed by atoms with van der Waals surface area (Å²) in [7, 11) is 0. The first-order valence-corrected chi connectivity index (χ1v) is 50.1. The zero-order valence-electron chi connectivity index (χ0n) is 82.1. The number of hydrogen-bond donors (Lipinski definition) is 0. The van der Waals surface area contributed by atoms with Crippen LogP contribution in [-0.4, -0.2) is 4.98 Å². The van der Waals surface area contributed by atoms with Gasteiger partial charge in [-0.05, 0) is 326 Å². The second-order valence-corrected chi connectivity index (χ2v) is 40.1. The molecule has 4 unspecified atom stereocenters. The Morgan fingerprint density at radius 2 is 0.771 bits per heavy atom. The molecule has 9 heteroatoms. The van der Waals surface area contributed by atoms with Crippen molar-refractivity contribution in [2.45, 2.75) is 97.8 Å². The average molecular weight is 1860 g/mol. The quantitative estimate of drug-likeness (QED) is 0.0886. The minimum atomic E-state index is -0.792. The molecule has 0 N–H and O–H groups in total. The number of nitriles is 1. The molecule has 4 atom stereocenters. The van der Waals surface area contributed by atoms with E-state index in [1.165, 1.54) is 94.2 Å². The van der Waals surface area contributed by atoms with Crippen LogP contribution in [0, 0.1) is 51.5 Å². The summed E-state index contributed by atoms with van der Waals surface area (Å²) in [5.74, 6) is 1.18. The summed E-state index contributed by atoms with van der Waals surface area (Å²) in [6.45, 7) is 30.4. The fraction of sp³-hybridized carbons (Fsp3) is 0.119. The van der Waals surface area contributed by atoms with Crippen molar-refractivity contribution in [3.05, 3.63) is 514 Å². The molecule has 9 nitrogen and oxygen atoms in total. The molecule has 2 spiro atoms. The summed E-state index contributed by atoms with van der Waals surface area (Å²) in [6, 6.07) is 153. The molecule has 3 aromatic heterocycles. The minimum absolute atomic E-state index is 0.152. The lowest BCUT2D eigenvalue weighted by Gasteiger charge is -2.36. The summed E-state index contributed by atoms with van der Waals surface area (Å²) in [4.78, 5) is 18.4. The number of para-hydroxylation sites is 2. The molecule has 0 aliphatic heterocycles. The second kappa shape index (κ2) is 34.7. The second-order valence-electron chi connectivity index (χ2n) is 40.1. The molecule has 0 saturated heterocycles. The van der Waals surface area contributed by atoms with Crippen LogP contribution in [0.3, 0.4) is 0 Å². The zero-order chi connectivity index (χ0) is 97.7. The number of benzene rings is 19. The third kappa shape index (κ3) is 13.8. The van der Waals surface area contributed by atoms with E-state index in [-0.39, 0.29) is 11.8 Å². The van der Waals surface area contributed by atoms with Gasteiger partial charge in [0.2, 0.25) is 0 Å². The van der Waals surface area contributed by atoms with Gasteiger partial charge in [0.05, 0.1) is 56.9 Å². The molecular formula is C135H103N7O2. The monoisotopic (exact) mass is 1850 g/mol. The van der Waals surface area contributed by atoms with E-state index in [0.717, 1.165) is 162 Å². The molecule has 690 valence electrons. The van der Waals surface area contributed by atoms with E-state index in [1.54, 1.807) is 0 Å². The molecule has 0 saturated carbocycles. The predicted molar refractivity (Wildman–Crippen MR) is 596 cm³/mol. The Hall–Kier alpha value is -17.6. The number of aryl methyl sites for hydroxylation is 4. The Kier molecular flexibility index (Phi) is 21.2. The van der Waals surface area contributed by atoms with Gasteiger partial charge in [-0.1, -0.05) is 301 Å². The SMILES string of the molecule is Cc1ccc(N(c2ccc(C(C)C)cc2)c2ccc3c(c2)C2(c4ccc5ccccc5c4C(C)C2C)c2cc(N(c4ccc(C(C)C)cc4)c4ccc(C)c(-c5ccccc5)c4)c4c(oc5ccccc54)c2-3)cc1-c1ccccc1.[C-]#[N+]c1ccc(N(c2ccc(C)cc2)c2ccc3c(c2)C2(c4ccccc4-c4ncccc42)c2cc(N(c4ccc(C)cc4)c4ccc(C#N)cc4)c4c(oc5ccccc54)c2-3)cc1. The van der Waals surface area contributed by atoms with Crippen LogP contribution in [0.4, 0.5) is 73.9 Å². The van der Waals surface area contributed by atoms with Gasteiger partial charge in [0.15, 0.2) is 5.69 Å². The molecule has 22 aromatic rings. The number of pyridine rings is 1. The van der Waals surface area contributed by atoms with Crippen molar-refractivity contribution >= 4 is 129 Å². The van der Waals surface area contributed by atoms with E-state index in [1.807, 2.05) is 60.8 Å². The fourth-order valence-electron chi connectivity index (χ4n) is 24.3. The van der Waals surface area contributed by atoms with E-state index >= 15 is 0 Å². The van der Waals surface area contributed by atoms with E-state index in [2.05, 4.69) is 458 Å². The third-order valence-corrected chi connectivity index (χ3v) is 31.4. The van der Waals surface area contributed by atoms with Gasteiger partial charge in [0, 0.05) is 90.5 Å². The number of fused-ring (bicyclic) bond motifs is 27. The summed E-state index contributed by atoms with van der Waals surface area (Å²) in [6.07, 6.45) is 1.89. The summed E-state index contributed by atoms with van der Waals surface area (Å²) >= 11 is 0. The van der Waals surface area contributed by atoms with Gasteiger partial charge >= 0.3 is 0 Å². The highest BCUT2D eigenvalue weighted by Crippen LogP contribution is 2.70. The van der Waals surface area contributed by atoms with Crippen LogP contribution in [-0.2, 0) is 10.8 Å². The van der Waals surface area contributed by atoms with Crippen molar-refractivity contribution in [1.82, 2.24) is 4.98 Å². The van der Waals surface area contributed by atoms with Crippen LogP contribution in [0.1, 0.15) is 143 Å². The molecule has 0 fully saturated rings. The van der Waals surface area contributed by atoms with Crippen LogP contribution in [0.2, 0.25) is 0 Å². The van der Waals surface area contributed by atoms with Crippen LogP contribution < -0.4 is 19.6 Å². The Morgan fingerprint density at radius 1 is 0.347 bits per heavy atom. The average Bonchev–Trinajstić information content (AvgIpc) is 1.50. The fourth-order valence-corrected chi connectivity index (χ4v) is 24.3. The van der Waals surface area contributed by atoms with Crippen LogP contribution in [0.25, 0.3) is 115 Å². The molecule has 0 amide bonds. The molecule has 144 heavy (non-hydrogen) atoms. The Labute approximate surface area is 840 Å². The zero-order valence-corrected chi connectivity index (χ0v) is 82.1. The number of furan rings is 2. The van der Waals surface area contributed by atoms with Gasteiger partial charge in [0.25, 0.3) is 0 Å². The molecule has 4 aliphatic carbocycles. The van der Waals surface area contributed by atoms with Gasteiger partial charge in [-0.3, -0.25) is 4.98 Å². The molecule has 19 aromatic carbocycles. The topological polar surface area (TPSA) is 80.3 Å². The number of nitrogens with zero attached hydrogens (tertiary/aromatic N) is 7. The maximum Gasteiger partial charge on any atom is 0.187 e. The highest BCUT2D eigenvalue weighted by atomic mass is 16.3. The lowest BCUT2D eigenvalue weighted by molar-refractivity contribution is 0.401. The number of hydrogen-bond acceptors (Lipinski definition) is 8. The summed E-state index contributed by atoms with van der Waals surface area (Å²) < 4.78 is 14.7. The Morgan fingerprint density at radius 3 is 1.32 bits per heavy atom. The molecule has 26 rings (SSSR count). The molecule has 3 heterocycles. The van der Waals surface area contributed by atoms with Crippen molar-refractivity contribution in [3.8, 4) is 61.8 Å². The van der Waals surface area contributed by atoms with Gasteiger partial charge in [0.1, 0.15) is 22.3 Å². The third-order valence-electron chi connectivity index (χ3n) is 31.4. The normalized spacial score (nSPS) is 15.3. The van der Waals surface area contributed by atoms with Gasteiger partial charge in [-0.15, -0.1) is 0 Å². The molecule has 0 radical (unpaired) electrons. The maximum absolute atomic E-state index is 9.85. The van der Waals surface area contributed by atoms with Crippen LogP contribution >= 0.6 is 0 Å². The molecule has 0 bridgehead atoms. The number of rotatable bonds is 16. The minimum Gasteiger partial charge on any atom is -0.455 e. The van der Waals surface area contributed by atoms with E-state index in [4.69, 9.17) is 20.4 Å². The lowest BCUT2D eigenvalue weighted by Crippen LogP contribution is -2.32. The van der Waals surface area contributed by atoms with Gasteiger partial charge in [-0.2, -0.15) is 5.26 Å². The van der Waals surface area contributed by atoms with Crippen molar-refractivity contribution in [2.24, 2.45) is 5.92 Å². The number of aromatic nitrogens is 1. The highest BCUT2D eigenvalue weighted by molar-refractivity contribution is 6.22. The highest BCUT2D eigenvalue weighted by Gasteiger charge is 2.58. The smallest absolute Gasteiger partial charge is 0.187 e. The van der Waals surface area contributed by atoms with E-state index in [0.29, 0.717) is 23.1 Å². The standard InChI is InChI=1S/C77H66N2O.C58H37N5O/c1-47(2)53-29-36-58(37-30-53)78(60-34-27-49(5)66(43-60)55-19-11-9-12-20-55)62-40-41-64-69(45-62)77(52(8)51(7)73-63-24-16-15-23-57(63)33-42-68(73)77)70-46-71(75-65-25-17-18-26-72(65)80-76(75)74(64)70)79(59-38-31-54(32-39-59)48(3)4)61-35-28-50(6)67(44-61)56-21-13-10-14-22-56;1-36-14-22-40(23-15-36)62(41-28-20-39(60-3)21-29-41)44-30-31-45-50(33-44)58(48-11-6-4-9-46(48)56-49(58)12-8-32-61-56)51-34-52(55-47-10-5-7-13-53(47)64-57(55)54(45)51)63(42-24-16-37(2)17-25-42)43-26-18-38(35-59)19-27-43/h9-48,51-52H,1-8H3;4-34H,1-2H3. The van der Waals surface area contributed by atoms with E-state index < -0.39 is 10.8 Å². The van der Waals surface area contributed by atoms with Crippen molar-refractivity contribution in [3.63, 3.8) is 0 Å². The van der Waals surface area contributed by atoms with Crippen LogP contribution in [0.15, 0.2) is 428 Å². The Balaban J connectivity index is 0.000000154. The first-order chi connectivity index (χ1) is 70.4. The summed E-state index contributed by atoms with van der Waals surface area (Å²) in [5.41, 5.74) is 44.5. The molecular weight excluding hydrogens is 1750 g/mol. The summed E-state index contributed by atoms with van der Waals surface area (Å²) in [5, 5.41) is 16.7. The Bertz CT molecular complexity index is 8950. The largest absolute Gasteiger partial charge is 0.455 e. The first kappa shape index (κ1) is 87.8. The first-order valence-electron chi connectivity index (χ1n) is 50.1. The van der Waals surface area contributed by atoms with Gasteiger partial charge in [-0.25, -0.2) is 4.85 Å². The van der Waals surface area contributed by atoms with Crippen molar-refractivity contribution in [2.75, 3.05) is 19.6 Å². The predicted octanol–water partition coefficient (Wildman–Crippen LogP) is 37.2. The van der Waals surface area contributed by atoms with Gasteiger partial charge < -0.3 is 28.4 Å². The number of anilines is 12. The maximum atomic E-state index is 9.85. The van der Waals surface area contributed by atoms with Crippen molar-refractivity contribution in [1.29, 1.82) is 5.26 Å². The van der Waals surface area contributed by atoms with E-state index in [9.17, 15) is 5.26 Å².